The quantitative estimate of drug-likeness (QED) is 0.339. The SMILES string of the molecule is CCOC(=O)C(N)CB(O)O. The lowest BCUT2D eigenvalue weighted by molar-refractivity contribution is -0.144. The average Bonchev–Trinajstić information content (AvgIpc) is 1.86. The normalized spacial score (nSPS) is 12.4. The summed E-state index contributed by atoms with van der Waals surface area (Å²) >= 11 is 0. The van der Waals surface area contributed by atoms with Crippen LogP contribution in [0.15, 0.2) is 0 Å². The molecule has 0 saturated carbocycles. The number of rotatable bonds is 4. The van der Waals surface area contributed by atoms with Gasteiger partial charge in [-0.1, -0.05) is 0 Å². The molecule has 0 aromatic heterocycles. The molecule has 0 radical (unpaired) electrons. The molecule has 11 heavy (non-hydrogen) atoms. The molecular weight excluding hydrogens is 149 g/mol. The monoisotopic (exact) mass is 161 g/mol. The van der Waals surface area contributed by atoms with E-state index < -0.39 is 19.1 Å². The summed E-state index contributed by atoms with van der Waals surface area (Å²) in [5.74, 6) is -0.611. The number of hydrogen-bond donors (Lipinski definition) is 3. The number of carbonyl (C=O) groups is 1. The summed E-state index contributed by atoms with van der Waals surface area (Å²) in [6, 6.07) is -0.949. The topological polar surface area (TPSA) is 92.8 Å². The van der Waals surface area contributed by atoms with Gasteiger partial charge in [0.25, 0.3) is 0 Å². The Morgan fingerprint density at radius 2 is 2.27 bits per heavy atom. The molecule has 0 amide bonds. The van der Waals surface area contributed by atoms with Crippen molar-refractivity contribution < 1.29 is 19.6 Å². The van der Waals surface area contributed by atoms with Crippen LogP contribution in [0.2, 0.25) is 6.32 Å². The van der Waals surface area contributed by atoms with Gasteiger partial charge in [0.1, 0.15) is 6.04 Å². The highest BCUT2D eigenvalue weighted by molar-refractivity contribution is 6.41. The van der Waals surface area contributed by atoms with Gasteiger partial charge >= 0.3 is 13.1 Å². The van der Waals surface area contributed by atoms with Crippen molar-refractivity contribution in [2.45, 2.75) is 19.3 Å². The van der Waals surface area contributed by atoms with E-state index in [1.807, 2.05) is 0 Å². The molecule has 0 fully saturated rings. The van der Waals surface area contributed by atoms with E-state index in [2.05, 4.69) is 4.74 Å². The fourth-order valence-electron chi connectivity index (χ4n) is 0.573. The molecule has 1 atom stereocenters. The van der Waals surface area contributed by atoms with Crippen molar-refractivity contribution in [3.8, 4) is 0 Å². The molecule has 0 aliphatic rings. The Morgan fingerprint density at radius 3 is 2.64 bits per heavy atom. The Kier molecular flexibility index (Phi) is 4.84. The zero-order chi connectivity index (χ0) is 8.85. The van der Waals surface area contributed by atoms with Crippen LogP contribution in [0.25, 0.3) is 0 Å². The fraction of sp³-hybridized carbons (Fsp3) is 0.800. The minimum Gasteiger partial charge on any atom is -0.465 e. The largest absolute Gasteiger partial charge is 0.465 e. The van der Waals surface area contributed by atoms with Crippen LogP contribution in [0.5, 0.6) is 0 Å². The second-order valence-electron chi connectivity index (χ2n) is 2.07. The van der Waals surface area contributed by atoms with E-state index >= 15 is 0 Å². The zero-order valence-corrected chi connectivity index (χ0v) is 6.36. The first-order valence-corrected chi connectivity index (χ1v) is 3.36. The third kappa shape index (κ3) is 4.77. The van der Waals surface area contributed by atoms with E-state index in [0.29, 0.717) is 0 Å². The molecule has 0 rings (SSSR count). The van der Waals surface area contributed by atoms with Crippen molar-refractivity contribution >= 4 is 13.1 Å². The molecule has 64 valence electrons. The molecule has 4 N–H and O–H groups in total. The Hall–Kier alpha value is -0.585. The smallest absolute Gasteiger partial charge is 0.453 e. The van der Waals surface area contributed by atoms with Crippen molar-refractivity contribution in [3.63, 3.8) is 0 Å². The molecule has 0 aromatic rings. The van der Waals surface area contributed by atoms with Gasteiger partial charge in [0, 0.05) is 6.32 Å². The number of carbonyl (C=O) groups excluding carboxylic acids is 1. The van der Waals surface area contributed by atoms with Gasteiger partial charge < -0.3 is 20.5 Å². The minimum absolute atomic E-state index is 0.196. The molecule has 0 heterocycles. The van der Waals surface area contributed by atoms with Crippen LogP contribution >= 0.6 is 0 Å². The lowest BCUT2D eigenvalue weighted by atomic mass is 9.82. The Balaban J connectivity index is 3.64. The summed E-state index contributed by atoms with van der Waals surface area (Å²) in [6.45, 7) is 1.90. The molecule has 0 aliphatic carbocycles. The second kappa shape index (κ2) is 5.12. The lowest BCUT2D eigenvalue weighted by Crippen LogP contribution is -2.36. The van der Waals surface area contributed by atoms with E-state index in [1.165, 1.54) is 0 Å². The van der Waals surface area contributed by atoms with Crippen LogP contribution in [0.4, 0.5) is 0 Å². The van der Waals surface area contributed by atoms with Gasteiger partial charge in [-0.3, -0.25) is 4.79 Å². The van der Waals surface area contributed by atoms with Crippen molar-refractivity contribution in [2.24, 2.45) is 5.73 Å². The first kappa shape index (κ1) is 10.4. The van der Waals surface area contributed by atoms with Crippen molar-refractivity contribution in [2.75, 3.05) is 6.61 Å². The summed E-state index contributed by atoms with van der Waals surface area (Å²) in [6.07, 6.45) is -0.196. The molecular formula is C5H12BNO4. The first-order chi connectivity index (χ1) is 5.07. The third-order valence-corrected chi connectivity index (χ3v) is 1.05. The van der Waals surface area contributed by atoms with Gasteiger partial charge in [-0.25, -0.2) is 0 Å². The predicted octanol–water partition coefficient (Wildman–Crippen LogP) is -1.65. The standard InChI is InChI=1S/C5H12BNO4/c1-2-11-5(8)4(7)3-6(9)10/h4,9-10H,2-3,7H2,1H3. The van der Waals surface area contributed by atoms with E-state index in [0.717, 1.165) is 0 Å². The average molecular weight is 161 g/mol. The summed E-state index contributed by atoms with van der Waals surface area (Å²) in [4.78, 5) is 10.7. The van der Waals surface area contributed by atoms with Crippen molar-refractivity contribution in [1.82, 2.24) is 0 Å². The number of esters is 1. The van der Waals surface area contributed by atoms with Crippen molar-refractivity contribution in [1.29, 1.82) is 0 Å². The maximum atomic E-state index is 10.7. The molecule has 6 heteroatoms. The zero-order valence-electron chi connectivity index (χ0n) is 6.36. The van der Waals surface area contributed by atoms with Crippen molar-refractivity contribution in [3.05, 3.63) is 0 Å². The second-order valence-corrected chi connectivity index (χ2v) is 2.07. The van der Waals surface area contributed by atoms with Gasteiger partial charge in [-0.05, 0) is 6.92 Å². The molecule has 0 aromatic carbocycles. The summed E-state index contributed by atoms with van der Waals surface area (Å²) in [5, 5.41) is 16.8. The third-order valence-electron chi connectivity index (χ3n) is 1.05. The number of ether oxygens (including phenoxy) is 1. The van der Waals surface area contributed by atoms with Gasteiger partial charge in [0.05, 0.1) is 6.61 Å². The molecule has 0 aliphatic heterocycles. The summed E-state index contributed by atoms with van der Waals surface area (Å²) in [5.41, 5.74) is 5.21. The van der Waals surface area contributed by atoms with Crippen LogP contribution in [0, 0.1) is 0 Å². The number of nitrogens with two attached hydrogens (primary N) is 1. The first-order valence-electron chi connectivity index (χ1n) is 3.36. The maximum Gasteiger partial charge on any atom is 0.453 e. The summed E-state index contributed by atoms with van der Waals surface area (Å²) in [7, 11) is -1.56. The maximum absolute atomic E-state index is 10.7. The van der Waals surface area contributed by atoms with Gasteiger partial charge in [0.2, 0.25) is 0 Å². The molecule has 5 nitrogen and oxygen atoms in total. The highest BCUT2D eigenvalue weighted by atomic mass is 16.5. The molecule has 0 bridgehead atoms. The van der Waals surface area contributed by atoms with Gasteiger partial charge in [-0.2, -0.15) is 0 Å². The highest BCUT2D eigenvalue weighted by Gasteiger charge is 2.20. The molecule has 1 unspecified atom stereocenters. The van der Waals surface area contributed by atoms with E-state index in [9.17, 15) is 4.79 Å². The van der Waals surface area contributed by atoms with Crippen LogP contribution in [-0.4, -0.2) is 35.8 Å². The Morgan fingerprint density at radius 1 is 1.73 bits per heavy atom. The highest BCUT2D eigenvalue weighted by Crippen LogP contribution is 1.94. The molecule has 0 spiro atoms. The predicted molar refractivity (Wildman–Crippen MR) is 39.6 cm³/mol. The van der Waals surface area contributed by atoms with Crippen LogP contribution in [0.1, 0.15) is 6.92 Å². The lowest BCUT2D eigenvalue weighted by Gasteiger charge is -2.08. The minimum atomic E-state index is -1.56. The Bertz CT molecular complexity index is 130. The van der Waals surface area contributed by atoms with Crippen LogP contribution in [0.3, 0.4) is 0 Å². The van der Waals surface area contributed by atoms with E-state index in [1.54, 1.807) is 6.92 Å². The fourth-order valence-corrected chi connectivity index (χ4v) is 0.573. The van der Waals surface area contributed by atoms with Gasteiger partial charge in [-0.15, -0.1) is 0 Å². The summed E-state index contributed by atoms with van der Waals surface area (Å²) < 4.78 is 4.52. The van der Waals surface area contributed by atoms with E-state index in [4.69, 9.17) is 15.8 Å². The van der Waals surface area contributed by atoms with Gasteiger partial charge in [0.15, 0.2) is 0 Å². The molecule has 0 saturated heterocycles. The Labute approximate surface area is 65.3 Å². The van der Waals surface area contributed by atoms with E-state index in [-0.39, 0.29) is 12.9 Å². The van der Waals surface area contributed by atoms with Crippen LogP contribution in [-0.2, 0) is 9.53 Å². The van der Waals surface area contributed by atoms with Crippen LogP contribution < -0.4 is 5.73 Å². The number of hydrogen-bond acceptors (Lipinski definition) is 5.